The van der Waals surface area contributed by atoms with Gasteiger partial charge in [-0.2, -0.15) is 0 Å². The van der Waals surface area contributed by atoms with Crippen molar-refractivity contribution in [3.8, 4) is 0 Å². The van der Waals surface area contributed by atoms with E-state index in [0.29, 0.717) is 0 Å². The highest BCUT2D eigenvalue weighted by atomic mass is 19.1. The number of nitro benzene ring substituents is 1. The molecule has 0 saturated heterocycles. The van der Waals surface area contributed by atoms with Crippen molar-refractivity contribution in [1.29, 1.82) is 0 Å². The first-order chi connectivity index (χ1) is 10.1. The normalized spacial score (nSPS) is 12.4. The van der Waals surface area contributed by atoms with E-state index in [1.54, 1.807) is 27.7 Å². The van der Waals surface area contributed by atoms with Crippen LogP contribution in [0.4, 0.5) is 20.6 Å². The molecule has 7 nitrogen and oxygen atoms in total. The average Bonchev–Trinajstić information content (AvgIpc) is 2.36. The second kappa shape index (κ2) is 7.06. The smallest absolute Gasteiger partial charge is 0.407 e. The number of anilines is 1. The van der Waals surface area contributed by atoms with Crippen LogP contribution in [0.15, 0.2) is 18.2 Å². The number of amides is 1. The summed E-state index contributed by atoms with van der Waals surface area (Å²) in [6.45, 7) is 7.11. The molecule has 0 bridgehead atoms. The number of non-ortho nitro benzene ring substituents is 1. The van der Waals surface area contributed by atoms with Gasteiger partial charge in [-0.15, -0.1) is 0 Å². The number of hydrogen-bond acceptors (Lipinski definition) is 5. The van der Waals surface area contributed by atoms with E-state index in [2.05, 4.69) is 10.6 Å². The Morgan fingerprint density at radius 1 is 1.45 bits per heavy atom. The molecule has 0 aromatic heterocycles. The lowest BCUT2D eigenvalue weighted by molar-refractivity contribution is -0.384. The third kappa shape index (κ3) is 5.94. The predicted molar refractivity (Wildman–Crippen MR) is 80.4 cm³/mol. The summed E-state index contributed by atoms with van der Waals surface area (Å²) in [5.41, 5.74) is -0.809. The highest BCUT2D eigenvalue weighted by Crippen LogP contribution is 2.21. The van der Waals surface area contributed by atoms with Crippen LogP contribution >= 0.6 is 0 Å². The molecule has 122 valence electrons. The van der Waals surface area contributed by atoms with Gasteiger partial charge in [0, 0.05) is 24.7 Å². The van der Waals surface area contributed by atoms with E-state index in [9.17, 15) is 19.3 Å². The molecule has 0 heterocycles. The van der Waals surface area contributed by atoms with Gasteiger partial charge in [-0.05, 0) is 33.8 Å². The molecule has 1 aromatic rings. The zero-order valence-electron chi connectivity index (χ0n) is 13.0. The minimum atomic E-state index is -0.604. The van der Waals surface area contributed by atoms with Crippen molar-refractivity contribution in [2.45, 2.75) is 39.3 Å². The van der Waals surface area contributed by atoms with E-state index in [1.165, 1.54) is 0 Å². The number of benzene rings is 1. The van der Waals surface area contributed by atoms with E-state index >= 15 is 0 Å². The maximum absolute atomic E-state index is 13.6. The van der Waals surface area contributed by atoms with Gasteiger partial charge < -0.3 is 15.4 Å². The Hall–Kier alpha value is -2.38. The van der Waals surface area contributed by atoms with Crippen molar-refractivity contribution in [2.75, 3.05) is 11.9 Å². The second-order valence-corrected chi connectivity index (χ2v) is 5.85. The first kappa shape index (κ1) is 17.7. The van der Waals surface area contributed by atoms with Crippen LogP contribution in [0.5, 0.6) is 0 Å². The lowest BCUT2D eigenvalue weighted by atomic mass is 10.2. The van der Waals surface area contributed by atoms with Crippen LogP contribution in [0.3, 0.4) is 0 Å². The van der Waals surface area contributed by atoms with Crippen molar-refractivity contribution < 1.29 is 18.8 Å². The number of carbonyl (C=O) groups excluding carboxylic acids is 1. The summed E-state index contributed by atoms with van der Waals surface area (Å²) in [5, 5.41) is 16.0. The summed E-state index contributed by atoms with van der Waals surface area (Å²) in [7, 11) is 0. The molecule has 0 aliphatic heterocycles. The average molecular weight is 313 g/mol. The molecule has 1 amide bonds. The number of nitrogens with zero attached hydrogens (tertiary/aromatic N) is 1. The molecule has 1 atom stereocenters. The Kier molecular flexibility index (Phi) is 5.67. The molecule has 0 saturated carbocycles. The minimum Gasteiger partial charge on any atom is -0.444 e. The molecule has 0 aliphatic rings. The number of hydrogen-bond donors (Lipinski definition) is 2. The van der Waals surface area contributed by atoms with E-state index < -0.39 is 22.4 Å². The van der Waals surface area contributed by atoms with Crippen molar-refractivity contribution in [1.82, 2.24) is 5.32 Å². The van der Waals surface area contributed by atoms with Crippen molar-refractivity contribution in [3.05, 3.63) is 34.1 Å². The van der Waals surface area contributed by atoms with Crippen LogP contribution in [0.2, 0.25) is 0 Å². The quantitative estimate of drug-likeness (QED) is 0.643. The highest BCUT2D eigenvalue weighted by molar-refractivity contribution is 5.67. The zero-order valence-corrected chi connectivity index (χ0v) is 13.0. The summed E-state index contributed by atoms with van der Waals surface area (Å²) in [6, 6.07) is 2.88. The summed E-state index contributed by atoms with van der Waals surface area (Å²) in [4.78, 5) is 21.6. The molecule has 8 heteroatoms. The van der Waals surface area contributed by atoms with Crippen molar-refractivity contribution >= 4 is 17.5 Å². The Morgan fingerprint density at radius 2 is 2.09 bits per heavy atom. The van der Waals surface area contributed by atoms with Crippen LogP contribution in [-0.4, -0.2) is 29.2 Å². The Bertz CT molecular complexity index is 558. The third-order valence-electron chi connectivity index (χ3n) is 2.51. The van der Waals surface area contributed by atoms with E-state index in [-0.39, 0.29) is 24.0 Å². The number of rotatable bonds is 5. The van der Waals surface area contributed by atoms with E-state index in [4.69, 9.17) is 4.74 Å². The molecule has 0 fully saturated rings. The van der Waals surface area contributed by atoms with E-state index in [0.717, 1.165) is 18.2 Å². The number of nitro groups is 1. The van der Waals surface area contributed by atoms with Crippen LogP contribution in [0, 0.1) is 15.9 Å². The zero-order chi connectivity index (χ0) is 16.9. The molecule has 2 N–H and O–H groups in total. The maximum atomic E-state index is 13.6. The Labute approximate surface area is 128 Å². The molecule has 0 radical (unpaired) electrons. The topological polar surface area (TPSA) is 93.5 Å². The van der Waals surface area contributed by atoms with Gasteiger partial charge in [-0.1, -0.05) is 0 Å². The number of halogens is 1. The fraction of sp³-hybridized carbons (Fsp3) is 0.500. The fourth-order valence-corrected chi connectivity index (χ4v) is 1.60. The number of alkyl carbamates (subject to hydrolysis) is 1. The van der Waals surface area contributed by atoms with Crippen LogP contribution in [0.1, 0.15) is 27.7 Å². The summed E-state index contributed by atoms with van der Waals surface area (Å²) in [6.07, 6.45) is -0.583. The molecule has 1 aromatic carbocycles. The summed E-state index contributed by atoms with van der Waals surface area (Å²) < 4.78 is 18.7. The number of ether oxygens (including phenoxy) is 1. The molecule has 0 spiro atoms. The van der Waals surface area contributed by atoms with Gasteiger partial charge in [0.05, 0.1) is 10.6 Å². The van der Waals surface area contributed by atoms with Gasteiger partial charge in [-0.3, -0.25) is 10.1 Å². The fourth-order valence-electron chi connectivity index (χ4n) is 1.60. The SMILES string of the molecule is CC(CNC(=O)OC(C)(C)C)Nc1cc([N+](=O)[O-])ccc1F. The molecular formula is C14H20FN3O4. The number of carbonyl (C=O) groups is 1. The van der Waals surface area contributed by atoms with Crippen molar-refractivity contribution in [3.63, 3.8) is 0 Å². The van der Waals surface area contributed by atoms with Crippen molar-refractivity contribution in [2.24, 2.45) is 0 Å². The van der Waals surface area contributed by atoms with Gasteiger partial charge >= 0.3 is 6.09 Å². The van der Waals surface area contributed by atoms with Gasteiger partial charge in [0.25, 0.3) is 5.69 Å². The highest BCUT2D eigenvalue weighted by Gasteiger charge is 2.17. The van der Waals surface area contributed by atoms with Gasteiger partial charge in [0.2, 0.25) is 0 Å². The lowest BCUT2D eigenvalue weighted by Gasteiger charge is -2.21. The minimum absolute atomic E-state index is 0.00712. The Balaban J connectivity index is 2.58. The number of nitrogens with one attached hydrogen (secondary N) is 2. The molecule has 1 rings (SSSR count). The maximum Gasteiger partial charge on any atom is 0.407 e. The molecule has 1 unspecified atom stereocenters. The third-order valence-corrected chi connectivity index (χ3v) is 2.51. The van der Waals surface area contributed by atoms with E-state index in [1.807, 2.05) is 0 Å². The Morgan fingerprint density at radius 3 is 2.64 bits per heavy atom. The first-order valence-electron chi connectivity index (χ1n) is 6.76. The molecule has 22 heavy (non-hydrogen) atoms. The molecule has 0 aliphatic carbocycles. The van der Waals surface area contributed by atoms with Gasteiger partial charge in [0.1, 0.15) is 11.4 Å². The van der Waals surface area contributed by atoms with Crippen LogP contribution in [0.25, 0.3) is 0 Å². The second-order valence-electron chi connectivity index (χ2n) is 5.85. The summed E-state index contributed by atoms with van der Waals surface area (Å²) >= 11 is 0. The monoisotopic (exact) mass is 313 g/mol. The lowest BCUT2D eigenvalue weighted by Crippen LogP contribution is -2.38. The first-order valence-corrected chi connectivity index (χ1v) is 6.76. The largest absolute Gasteiger partial charge is 0.444 e. The summed E-state index contributed by atoms with van der Waals surface area (Å²) in [5.74, 6) is -0.602. The van der Waals surface area contributed by atoms with Crippen LogP contribution in [-0.2, 0) is 4.74 Å². The standard InChI is InChI=1S/C14H20FN3O4/c1-9(8-16-13(19)22-14(2,3)4)17-12-7-10(18(20)21)5-6-11(12)15/h5-7,9,17H,8H2,1-4H3,(H,16,19). The predicted octanol–water partition coefficient (Wildman–Crippen LogP) is 3.06. The van der Waals surface area contributed by atoms with Gasteiger partial charge in [0.15, 0.2) is 0 Å². The van der Waals surface area contributed by atoms with Gasteiger partial charge in [-0.25, -0.2) is 9.18 Å². The molecular weight excluding hydrogens is 293 g/mol. The van der Waals surface area contributed by atoms with Crippen LogP contribution < -0.4 is 10.6 Å².